The zero-order valence-corrected chi connectivity index (χ0v) is 11.5. The van der Waals surface area contributed by atoms with E-state index in [9.17, 15) is 13.2 Å². The maximum Gasteiger partial charge on any atom is 0.401 e. The first-order chi connectivity index (χ1) is 9.40. The highest BCUT2D eigenvalue weighted by Gasteiger charge is 2.30. The van der Waals surface area contributed by atoms with Gasteiger partial charge in [0.2, 0.25) is 0 Å². The minimum Gasteiger partial charge on any atom is -0.396 e. The average Bonchev–Trinajstić information content (AvgIpc) is 2.36. The van der Waals surface area contributed by atoms with E-state index in [2.05, 4.69) is 11.8 Å². The lowest BCUT2D eigenvalue weighted by Crippen LogP contribution is -2.35. The summed E-state index contributed by atoms with van der Waals surface area (Å²) in [5.41, 5.74) is 0.698. The number of hydrogen-bond donors (Lipinski definition) is 1. The molecule has 1 rings (SSSR count). The average molecular weight is 306 g/mol. The summed E-state index contributed by atoms with van der Waals surface area (Å²) in [6, 6.07) is 6.75. The van der Waals surface area contributed by atoms with Crippen molar-refractivity contribution in [1.29, 1.82) is 0 Å². The molecule has 6 heteroatoms. The smallest absolute Gasteiger partial charge is 0.396 e. The normalized spacial score (nSPS) is 11.3. The van der Waals surface area contributed by atoms with Crippen molar-refractivity contribution in [1.82, 2.24) is 4.90 Å². The Hall–Kier alpha value is -1.22. The summed E-state index contributed by atoms with van der Waals surface area (Å²) in [4.78, 5) is 1.17. The quantitative estimate of drug-likeness (QED) is 0.846. The van der Waals surface area contributed by atoms with Crippen LogP contribution >= 0.6 is 11.6 Å². The van der Waals surface area contributed by atoms with Crippen molar-refractivity contribution in [2.24, 2.45) is 0 Å². The third-order valence-corrected chi connectivity index (χ3v) is 2.67. The molecule has 0 aliphatic carbocycles. The van der Waals surface area contributed by atoms with Crippen LogP contribution in [0, 0.1) is 11.8 Å². The summed E-state index contributed by atoms with van der Waals surface area (Å²) in [6.45, 7) is -1.01. The lowest BCUT2D eigenvalue weighted by Gasteiger charge is -2.20. The van der Waals surface area contributed by atoms with Gasteiger partial charge in [-0.1, -0.05) is 23.4 Å². The van der Waals surface area contributed by atoms with Gasteiger partial charge >= 0.3 is 6.18 Å². The van der Waals surface area contributed by atoms with Gasteiger partial charge in [0, 0.05) is 23.7 Å². The van der Waals surface area contributed by atoms with E-state index in [1.54, 1.807) is 24.3 Å². The zero-order valence-electron chi connectivity index (χ0n) is 10.8. The molecule has 0 spiro atoms. The van der Waals surface area contributed by atoms with Crippen LogP contribution in [0.2, 0.25) is 5.02 Å². The van der Waals surface area contributed by atoms with Crippen LogP contribution in [-0.2, 0) is 0 Å². The number of nitrogens with zero attached hydrogens (tertiary/aromatic N) is 1. The molecule has 20 heavy (non-hydrogen) atoms. The lowest BCUT2D eigenvalue weighted by molar-refractivity contribution is -0.144. The first-order valence-corrected chi connectivity index (χ1v) is 6.43. The van der Waals surface area contributed by atoms with Crippen LogP contribution in [-0.4, -0.2) is 42.4 Å². The zero-order chi connectivity index (χ0) is 15.0. The molecular weight excluding hydrogens is 291 g/mol. The molecule has 0 saturated carbocycles. The molecule has 0 fully saturated rings. The highest BCUT2D eigenvalue weighted by molar-refractivity contribution is 6.30. The monoisotopic (exact) mass is 305 g/mol. The van der Waals surface area contributed by atoms with Crippen LogP contribution < -0.4 is 0 Å². The predicted molar refractivity (Wildman–Crippen MR) is 72.5 cm³/mol. The van der Waals surface area contributed by atoms with E-state index in [1.165, 1.54) is 4.90 Å². The molecule has 0 atom stereocenters. The van der Waals surface area contributed by atoms with Gasteiger partial charge in [-0.2, -0.15) is 13.2 Å². The Morgan fingerprint density at radius 1 is 1.20 bits per heavy atom. The molecule has 0 saturated heterocycles. The van der Waals surface area contributed by atoms with E-state index < -0.39 is 12.7 Å². The van der Waals surface area contributed by atoms with Crippen LogP contribution in [0.1, 0.15) is 12.0 Å². The van der Waals surface area contributed by atoms with E-state index in [-0.39, 0.29) is 19.7 Å². The number of rotatable bonds is 5. The fraction of sp³-hybridized carbons (Fsp3) is 0.429. The first-order valence-electron chi connectivity index (χ1n) is 6.05. The molecule has 0 aromatic heterocycles. The van der Waals surface area contributed by atoms with Gasteiger partial charge in [0.1, 0.15) is 0 Å². The number of halogens is 4. The topological polar surface area (TPSA) is 23.5 Å². The van der Waals surface area contributed by atoms with Gasteiger partial charge in [-0.05, 0) is 30.7 Å². The van der Waals surface area contributed by atoms with Crippen molar-refractivity contribution in [2.75, 3.05) is 26.2 Å². The Balaban J connectivity index is 2.59. The van der Waals surface area contributed by atoms with Gasteiger partial charge in [-0.3, -0.25) is 4.90 Å². The summed E-state index contributed by atoms with van der Waals surface area (Å²) in [7, 11) is 0. The highest BCUT2D eigenvalue weighted by atomic mass is 35.5. The van der Waals surface area contributed by atoms with Crippen molar-refractivity contribution >= 4 is 11.6 Å². The Kier molecular flexibility index (Phi) is 6.86. The molecule has 0 amide bonds. The van der Waals surface area contributed by atoms with Crippen molar-refractivity contribution in [3.05, 3.63) is 34.9 Å². The van der Waals surface area contributed by atoms with Gasteiger partial charge < -0.3 is 5.11 Å². The highest BCUT2D eigenvalue weighted by Crippen LogP contribution is 2.16. The van der Waals surface area contributed by atoms with Crippen molar-refractivity contribution in [3.8, 4) is 11.8 Å². The summed E-state index contributed by atoms with van der Waals surface area (Å²) < 4.78 is 37.1. The fourth-order valence-corrected chi connectivity index (χ4v) is 1.67. The summed E-state index contributed by atoms with van der Waals surface area (Å²) >= 11 is 5.72. The van der Waals surface area contributed by atoms with Crippen LogP contribution in [0.25, 0.3) is 0 Å². The Labute approximate surface area is 121 Å². The standard InChI is InChI=1S/C14H15ClF3NO/c15-13-6-4-12(5-7-13)3-1-8-19(9-2-10-20)11-14(16,17)18/h4-7,20H,2,8-11H2. The van der Waals surface area contributed by atoms with Crippen molar-refractivity contribution < 1.29 is 18.3 Å². The molecule has 0 bridgehead atoms. The molecular formula is C14H15ClF3NO. The lowest BCUT2D eigenvalue weighted by atomic mass is 10.2. The van der Waals surface area contributed by atoms with Gasteiger partial charge in [0.05, 0.1) is 13.1 Å². The Morgan fingerprint density at radius 3 is 2.40 bits per heavy atom. The molecule has 0 aliphatic heterocycles. The van der Waals surface area contributed by atoms with Gasteiger partial charge in [-0.25, -0.2) is 0 Å². The maximum atomic E-state index is 12.4. The largest absolute Gasteiger partial charge is 0.401 e. The molecule has 1 aromatic carbocycles. The number of hydrogen-bond acceptors (Lipinski definition) is 2. The third-order valence-electron chi connectivity index (χ3n) is 2.41. The predicted octanol–water partition coefficient (Wildman–Crippen LogP) is 2.94. The van der Waals surface area contributed by atoms with Crippen LogP contribution in [0.3, 0.4) is 0 Å². The Bertz CT molecular complexity index is 462. The first kappa shape index (κ1) is 16.8. The summed E-state index contributed by atoms with van der Waals surface area (Å²) in [6.07, 6.45) is -3.98. The second-order valence-corrected chi connectivity index (χ2v) is 4.65. The molecule has 110 valence electrons. The van der Waals surface area contributed by atoms with E-state index in [4.69, 9.17) is 16.7 Å². The second-order valence-electron chi connectivity index (χ2n) is 4.21. The van der Waals surface area contributed by atoms with E-state index in [0.29, 0.717) is 17.0 Å². The molecule has 2 nitrogen and oxygen atoms in total. The van der Waals surface area contributed by atoms with Crippen LogP contribution in [0.5, 0.6) is 0 Å². The van der Waals surface area contributed by atoms with Crippen molar-refractivity contribution in [2.45, 2.75) is 12.6 Å². The molecule has 0 radical (unpaired) electrons. The molecule has 0 heterocycles. The van der Waals surface area contributed by atoms with Gasteiger partial charge in [0.15, 0.2) is 0 Å². The number of aliphatic hydroxyl groups is 1. The second kappa shape index (κ2) is 8.15. The molecule has 0 aliphatic rings. The van der Waals surface area contributed by atoms with E-state index in [0.717, 1.165) is 0 Å². The third kappa shape index (κ3) is 7.39. The molecule has 0 unspecified atom stereocenters. The Morgan fingerprint density at radius 2 is 1.85 bits per heavy atom. The number of aliphatic hydroxyl groups excluding tert-OH is 1. The SMILES string of the molecule is OCCCN(CC#Cc1ccc(Cl)cc1)CC(F)(F)F. The minimum atomic E-state index is -4.27. The van der Waals surface area contributed by atoms with Gasteiger partial charge in [0.25, 0.3) is 0 Å². The molecule has 1 aromatic rings. The van der Waals surface area contributed by atoms with Crippen LogP contribution in [0.15, 0.2) is 24.3 Å². The number of benzene rings is 1. The van der Waals surface area contributed by atoms with Crippen LogP contribution in [0.4, 0.5) is 13.2 Å². The molecule has 1 N–H and O–H groups in total. The summed E-state index contributed by atoms with van der Waals surface area (Å²) in [5, 5.41) is 9.27. The maximum absolute atomic E-state index is 12.4. The van der Waals surface area contributed by atoms with Crippen molar-refractivity contribution in [3.63, 3.8) is 0 Å². The number of alkyl halides is 3. The van der Waals surface area contributed by atoms with Gasteiger partial charge in [-0.15, -0.1) is 0 Å². The fourth-order valence-electron chi connectivity index (χ4n) is 1.55. The summed E-state index contributed by atoms with van der Waals surface area (Å²) in [5.74, 6) is 5.49. The minimum absolute atomic E-state index is 0.00212. The van der Waals surface area contributed by atoms with E-state index >= 15 is 0 Å². The van der Waals surface area contributed by atoms with E-state index in [1.807, 2.05) is 0 Å².